The number of nitrogens with zero attached hydrogens (tertiary/aromatic N) is 2. The largest absolute Gasteiger partial charge is 0.366 e. The average molecular weight is 284 g/mol. The first-order chi connectivity index (χ1) is 9.75. The monoisotopic (exact) mass is 284 g/mol. The number of benzene rings is 1. The number of hydrogen-bond acceptors (Lipinski definition) is 5. The number of para-hydroxylation sites is 1. The van der Waals surface area contributed by atoms with Crippen LogP contribution >= 0.6 is 11.3 Å². The third-order valence-electron chi connectivity index (χ3n) is 2.94. The second kappa shape index (κ2) is 5.26. The first-order valence-corrected chi connectivity index (χ1v) is 6.93. The van der Waals surface area contributed by atoms with Gasteiger partial charge < -0.3 is 11.1 Å². The zero-order chi connectivity index (χ0) is 13.9. The molecule has 1 amide bonds. The van der Waals surface area contributed by atoms with Crippen LogP contribution in [0.1, 0.15) is 15.2 Å². The minimum absolute atomic E-state index is 0.407. The van der Waals surface area contributed by atoms with E-state index < -0.39 is 5.91 Å². The van der Waals surface area contributed by atoms with Crippen LogP contribution in [0, 0.1) is 0 Å². The highest BCUT2D eigenvalue weighted by Crippen LogP contribution is 2.22. The van der Waals surface area contributed by atoms with Gasteiger partial charge in [0.15, 0.2) is 0 Å². The molecule has 3 N–H and O–H groups in total. The molecular weight excluding hydrogens is 272 g/mol. The van der Waals surface area contributed by atoms with Crippen LogP contribution in [0.5, 0.6) is 0 Å². The van der Waals surface area contributed by atoms with Crippen LogP contribution in [0.4, 0.5) is 5.82 Å². The van der Waals surface area contributed by atoms with Crippen molar-refractivity contribution in [2.45, 2.75) is 6.54 Å². The lowest BCUT2D eigenvalue weighted by Crippen LogP contribution is -2.12. The summed E-state index contributed by atoms with van der Waals surface area (Å²) in [5, 5.41) is 6.08. The molecule has 0 radical (unpaired) electrons. The number of amides is 1. The van der Waals surface area contributed by atoms with Crippen molar-refractivity contribution in [3.8, 4) is 0 Å². The van der Waals surface area contributed by atoms with Crippen molar-refractivity contribution in [1.82, 2.24) is 9.97 Å². The van der Waals surface area contributed by atoms with Gasteiger partial charge in [-0.3, -0.25) is 4.79 Å². The average Bonchev–Trinajstić information content (AvgIpc) is 2.97. The van der Waals surface area contributed by atoms with E-state index in [0.29, 0.717) is 23.4 Å². The highest BCUT2D eigenvalue weighted by atomic mass is 32.1. The Morgan fingerprint density at radius 3 is 2.90 bits per heavy atom. The van der Waals surface area contributed by atoms with Crippen molar-refractivity contribution in [2.75, 3.05) is 5.32 Å². The van der Waals surface area contributed by atoms with Crippen molar-refractivity contribution < 1.29 is 4.79 Å². The van der Waals surface area contributed by atoms with Gasteiger partial charge in [-0.15, -0.1) is 11.3 Å². The van der Waals surface area contributed by atoms with Gasteiger partial charge in [-0.05, 0) is 23.6 Å². The van der Waals surface area contributed by atoms with Crippen LogP contribution in [-0.4, -0.2) is 15.9 Å². The summed E-state index contributed by atoms with van der Waals surface area (Å²) in [6.45, 7) is 0.685. The van der Waals surface area contributed by atoms with Crippen molar-refractivity contribution in [3.05, 3.63) is 52.5 Å². The molecule has 100 valence electrons. The second-order valence-corrected chi connectivity index (χ2v) is 5.25. The van der Waals surface area contributed by atoms with Crippen LogP contribution in [0.15, 0.2) is 42.0 Å². The van der Waals surface area contributed by atoms with E-state index in [-0.39, 0.29) is 0 Å². The third kappa shape index (κ3) is 2.33. The van der Waals surface area contributed by atoms with Crippen molar-refractivity contribution >= 4 is 34.0 Å². The Balaban J connectivity index is 1.99. The summed E-state index contributed by atoms with van der Waals surface area (Å²) >= 11 is 1.68. The number of carbonyl (C=O) groups is 1. The molecule has 2 aromatic heterocycles. The van der Waals surface area contributed by atoms with Crippen LogP contribution in [0.25, 0.3) is 10.9 Å². The van der Waals surface area contributed by atoms with Crippen LogP contribution in [0.3, 0.4) is 0 Å². The Hall–Kier alpha value is -2.47. The molecule has 3 aromatic rings. The summed E-state index contributed by atoms with van der Waals surface area (Å²) in [4.78, 5) is 21.0. The molecule has 5 nitrogen and oxygen atoms in total. The quantitative estimate of drug-likeness (QED) is 0.771. The number of anilines is 1. The number of nitrogens with two attached hydrogens (primary N) is 1. The molecule has 0 saturated heterocycles. The predicted octanol–water partition coefficient (Wildman–Crippen LogP) is 2.40. The lowest BCUT2D eigenvalue weighted by Gasteiger charge is -2.08. The van der Waals surface area contributed by atoms with Gasteiger partial charge in [-0.25, -0.2) is 9.97 Å². The van der Waals surface area contributed by atoms with E-state index in [4.69, 9.17) is 5.73 Å². The van der Waals surface area contributed by atoms with Gasteiger partial charge in [-0.1, -0.05) is 12.1 Å². The molecule has 0 aliphatic rings. The van der Waals surface area contributed by atoms with Gasteiger partial charge in [0, 0.05) is 10.3 Å². The number of hydrogen-bond donors (Lipinski definition) is 2. The minimum Gasteiger partial charge on any atom is -0.366 e. The normalized spacial score (nSPS) is 10.6. The summed E-state index contributed by atoms with van der Waals surface area (Å²) in [7, 11) is 0. The molecule has 0 bridgehead atoms. The zero-order valence-corrected chi connectivity index (χ0v) is 11.4. The van der Waals surface area contributed by atoms with Gasteiger partial charge >= 0.3 is 0 Å². The zero-order valence-electron chi connectivity index (χ0n) is 10.5. The Morgan fingerprint density at radius 2 is 2.15 bits per heavy atom. The Labute approximate surface area is 119 Å². The summed E-state index contributed by atoms with van der Waals surface area (Å²) < 4.78 is 0. The molecule has 6 heteroatoms. The van der Waals surface area contributed by atoms with E-state index in [1.165, 1.54) is 11.2 Å². The van der Waals surface area contributed by atoms with E-state index in [1.807, 2.05) is 17.5 Å². The van der Waals surface area contributed by atoms with Gasteiger partial charge in [0.1, 0.15) is 12.1 Å². The second-order valence-electron chi connectivity index (χ2n) is 4.22. The number of nitrogens with one attached hydrogen (secondary N) is 1. The van der Waals surface area contributed by atoms with Crippen molar-refractivity contribution in [3.63, 3.8) is 0 Å². The predicted molar refractivity (Wildman–Crippen MR) is 79.7 cm³/mol. The fourth-order valence-electron chi connectivity index (χ4n) is 2.01. The Bertz CT molecular complexity index is 755. The maximum absolute atomic E-state index is 11.4. The molecule has 2 heterocycles. The first kappa shape index (κ1) is 12.6. The highest BCUT2D eigenvalue weighted by Gasteiger charge is 2.10. The summed E-state index contributed by atoms with van der Waals surface area (Å²) in [5.41, 5.74) is 6.34. The maximum Gasteiger partial charge on any atom is 0.250 e. The van der Waals surface area contributed by atoms with E-state index in [9.17, 15) is 4.79 Å². The molecule has 3 rings (SSSR count). The lowest BCUT2D eigenvalue weighted by molar-refractivity contribution is 0.100. The van der Waals surface area contributed by atoms with E-state index in [2.05, 4.69) is 21.4 Å². The molecule has 0 fully saturated rings. The Morgan fingerprint density at radius 1 is 1.25 bits per heavy atom. The van der Waals surface area contributed by atoms with Gasteiger partial charge in [0.25, 0.3) is 5.91 Å². The molecular formula is C14H12N4OS. The first-order valence-electron chi connectivity index (χ1n) is 6.05. The molecule has 0 aliphatic heterocycles. The van der Waals surface area contributed by atoms with Crippen LogP contribution < -0.4 is 11.1 Å². The SMILES string of the molecule is NC(=O)c1cccc2c(NCc3cccs3)ncnc12. The van der Waals surface area contributed by atoms with Gasteiger partial charge in [-0.2, -0.15) is 0 Å². The standard InChI is InChI=1S/C14H12N4OS/c15-13(19)10-4-1-5-11-12(10)17-8-18-14(11)16-7-9-3-2-6-20-9/h1-6,8H,7H2,(H2,15,19)(H,16,17,18). The number of primary amides is 1. The van der Waals surface area contributed by atoms with Crippen molar-refractivity contribution in [1.29, 1.82) is 0 Å². The topological polar surface area (TPSA) is 80.9 Å². The third-order valence-corrected chi connectivity index (χ3v) is 3.82. The Kier molecular flexibility index (Phi) is 3.30. The number of rotatable bonds is 4. The lowest BCUT2D eigenvalue weighted by atomic mass is 10.1. The molecule has 0 saturated carbocycles. The summed E-state index contributed by atoms with van der Waals surface area (Å²) in [6, 6.07) is 9.38. The fourth-order valence-corrected chi connectivity index (χ4v) is 2.66. The molecule has 0 unspecified atom stereocenters. The number of aromatic nitrogens is 2. The number of carbonyl (C=O) groups excluding carboxylic acids is 1. The molecule has 0 spiro atoms. The fraction of sp³-hybridized carbons (Fsp3) is 0.0714. The molecule has 20 heavy (non-hydrogen) atoms. The van der Waals surface area contributed by atoms with E-state index in [1.54, 1.807) is 23.5 Å². The summed E-state index contributed by atoms with van der Waals surface area (Å²) in [5.74, 6) is 0.213. The van der Waals surface area contributed by atoms with E-state index in [0.717, 1.165) is 5.39 Å². The molecule has 1 aromatic carbocycles. The van der Waals surface area contributed by atoms with Gasteiger partial charge in [0.2, 0.25) is 0 Å². The minimum atomic E-state index is -0.487. The maximum atomic E-state index is 11.4. The molecule has 0 aliphatic carbocycles. The number of fused-ring (bicyclic) bond motifs is 1. The van der Waals surface area contributed by atoms with E-state index >= 15 is 0 Å². The van der Waals surface area contributed by atoms with Crippen molar-refractivity contribution in [2.24, 2.45) is 5.73 Å². The molecule has 0 atom stereocenters. The van der Waals surface area contributed by atoms with Crippen LogP contribution in [-0.2, 0) is 6.54 Å². The summed E-state index contributed by atoms with van der Waals surface area (Å²) in [6.07, 6.45) is 1.44. The highest BCUT2D eigenvalue weighted by molar-refractivity contribution is 7.09. The van der Waals surface area contributed by atoms with Gasteiger partial charge in [0.05, 0.1) is 17.6 Å². The van der Waals surface area contributed by atoms with Crippen LogP contribution in [0.2, 0.25) is 0 Å². The number of thiophene rings is 1. The smallest absolute Gasteiger partial charge is 0.250 e.